The van der Waals surface area contributed by atoms with Crippen LogP contribution >= 0.6 is 0 Å². The average molecular weight is 273 g/mol. The molecule has 6 nitrogen and oxygen atoms in total. The number of amides is 1. The fourth-order valence-electron chi connectivity index (χ4n) is 2.47. The van der Waals surface area contributed by atoms with Gasteiger partial charge >= 0.3 is 0 Å². The van der Waals surface area contributed by atoms with Gasteiger partial charge in [-0.05, 0) is 6.42 Å². The minimum absolute atomic E-state index is 0.00769. The second kappa shape index (κ2) is 8.47. The number of piperazine rings is 1. The number of ether oxygens (including phenoxy) is 2. The molecule has 0 bridgehead atoms. The number of carbonyl (C=O) groups is 1. The highest BCUT2D eigenvalue weighted by molar-refractivity contribution is 5.82. The first kappa shape index (κ1) is 16.4. The van der Waals surface area contributed by atoms with Gasteiger partial charge in [-0.1, -0.05) is 6.92 Å². The van der Waals surface area contributed by atoms with Crippen LogP contribution in [0, 0.1) is 0 Å². The Hall–Kier alpha value is -0.690. The van der Waals surface area contributed by atoms with Crippen LogP contribution in [0.25, 0.3) is 0 Å². The fourth-order valence-corrected chi connectivity index (χ4v) is 2.47. The van der Waals surface area contributed by atoms with Crippen molar-refractivity contribution in [2.45, 2.75) is 25.4 Å². The van der Waals surface area contributed by atoms with E-state index in [-0.39, 0.29) is 12.5 Å². The highest BCUT2D eigenvalue weighted by atomic mass is 16.5. The average Bonchev–Trinajstić information content (AvgIpc) is 2.44. The Morgan fingerprint density at radius 3 is 2.68 bits per heavy atom. The zero-order valence-corrected chi connectivity index (χ0v) is 12.3. The van der Waals surface area contributed by atoms with Crippen molar-refractivity contribution in [2.24, 2.45) is 5.73 Å². The Kier molecular flexibility index (Phi) is 7.30. The maximum Gasteiger partial charge on any atom is 0.241 e. The zero-order valence-electron chi connectivity index (χ0n) is 12.3. The van der Waals surface area contributed by atoms with Crippen molar-refractivity contribution in [1.82, 2.24) is 9.80 Å². The van der Waals surface area contributed by atoms with Crippen LogP contribution in [-0.2, 0) is 14.3 Å². The minimum Gasteiger partial charge on any atom is -0.383 e. The van der Waals surface area contributed by atoms with Gasteiger partial charge in [0.2, 0.25) is 5.91 Å². The van der Waals surface area contributed by atoms with Crippen LogP contribution in [0.15, 0.2) is 0 Å². The van der Waals surface area contributed by atoms with E-state index in [9.17, 15) is 4.79 Å². The van der Waals surface area contributed by atoms with Gasteiger partial charge in [-0.15, -0.1) is 0 Å². The molecule has 2 N–H and O–H groups in total. The largest absolute Gasteiger partial charge is 0.383 e. The van der Waals surface area contributed by atoms with Crippen molar-refractivity contribution in [1.29, 1.82) is 0 Å². The maximum absolute atomic E-state index is 12.1. The smallest absolute Gasteiger partial charge is 0.241 e. The van der Waals surface area contributed by atoms with Crippen LogP contribution in [-0.4, -0.2) is 81.4 Å². The molecule has 0 aromatic heterocycles. The van der Waals surface area contributed by atoms with Gasteiger partial charge in [-0.3, -0.25) is 9.69 Å². The normalized spacial score (nSPS) is 22.5. The Morgan fingerprint density at radius 2 is 2.11 bits per heavy atom. The third-order valence-corrected chi connectivity index (χ3v) is 3.63. The van der Waals surface area contributed by atoms with E-state index in [1.54, 1.807) is 14.2 Å². The summed E-state index contributed by atoms with van der Waals surface area (Å²) < 4.78 is 10.1. The monoisotopic (exact) mass is 273 g/mol. The highest BCUT2D eigenvalue weighted by Gasteiger charge is 2.30. The van der Waals surface area contributed by atoms with E-state index in [2.05, 4.69) is 11.8 Å². The number of carbonyl (C=O) groups excluding carboxylic acids is 1. The number of methoxy groups -OCH3 is 2. The standard InChI is InChI=1S/C13H27N3O3/c1-4-11-9-16(13(17)12(14)10-19-3)6-5-15(11)7-8-18-2/h11-12H,4-10,14H2,1-3H3. The van der Waals surface area contributed by atoms with Crippen LogP contribution in [0.4, 0.5) is 0 Å². The molecule has 1 rings (SSSR count). The van der Waals surface area contributed by atoms with Gasteiger partial charge in [0, 0.05) is 46.4 Å². The third kappa shape index (κ3) is 4.72. The molecule has 1 amide bonds. The molecule has 6 heteroatoms. The lowest BCUT2D eigenvalue weighted by atomic mass is 10.1. The molecule has 1 aliphatic rings. The number of hydrogen-bond acceptors (Lipinski definition) is 5. The van der Waals surface area contributed by atoms with E-state index in [0.29, 0.717) is 6.04 Å². The van der Waals surface area contributed by atoms with Gasteiger partial charge in [-0.25, -0.2) is 0 Å². The summed E-state index contributed by atoms with van der Waals surface area (Å²) in [5.74, 6) is -0.00769. The Balaban J connectivity index is 2.51. The molecule has 0 spiro atoms. The van der Waals surface area contributed by atoms with Crippen LogP contribution < -0.4 is 5.73 Å². The maximum atomic E-state index is 12.1. The van der Waals surface area contributed by atoms with Gasteiger partial charge in [0.1, 0.15) is 6.04 Å². The minimum atomic E-state index is -0.548. The Labute approximate surface area is 115 Å². The molecule has 1 aliphatic heterocycles. The first-order valence-corrected chi connectivity index (χ1v) is 6.90. The first-order chi connectivity index (χ1) is 9.13. The van der Waals surface area contributed by atoms with Gasteiger partial charge in [0.25, 0.3) is 0 Å². The number of nitrogens with two attached hydrogens (primary N) is 1. The lowest BCUT2D eigenvalue weighted by Gasteiger charge is -2.41. The molecule has 19 heavy (non-hydrogen) atoms. The van der Waals surface area contributed by atoms with Gasteiger partial charge in [0.15, 0.2) is 0 Å². The van der Waals surface area contributed by atoms with Crippen LogP contribution in [0.2, 0.25) is 0 Å². The molecule has 2 atom stereocenters. The fraction of sp³-hybridized carbons (Fsp3) is 0.923. The van der Waals surface area contributed by atoms with Gasteiger partial charge in [-0.2, -0.15) is 0 Å². The Bertz CT molecular complexity index is 276. The molecule has 1 fully saturated rings. The second-order valence-electron chi connectivity index (χ2n) is 4.94. The van der Waals surface area contributed by atoms with Crippen LogP contribution in [0.5, 0.6) is 0 Å². The van der Waals surface area contributed by atoms with Crippen LogP contribution in [0.3, 0.4) is 0 Å². The van der Waals surface area contributed by atoms with Crippen molar-refractivity contribution in [3.05, 3.63) is 0 Å². The SMILES string of the molecule is CCC1CN(C(=O)C(N)COC)CCN1CCOC. The van der Waals surface area contributed by atoms with E-state index in [1.807, 2.05) is 4.90 Å². The van der Waals surface area contributed by atoms with Crippen molar-refractivity contribution < 1.29 is 14.3 Å². The van der Waals surface area contributed by atoms with E-state index in [4.69, 9.17) is 15.2 Å². The van der Waals surface area contributed by atoms with Gasteiger partial charge < -0.3 is 20.1 Å². The lowest BCUT2D eigenvalue weighted by molar-refractivity contribution is -0.137. The number of hydrogen-bond donors (Lipinski definition) is 1. The van der Waals surface area contributed by atoms with Crippen LogP contribution in [0.1, 0.15) is 13.3 Å². The summed E-state index contributed by atoms with van der Waals surface area (Å²) >= 11 is 0. The summed E-state index contributed by atoms with van der Waals surface area (Å²) in [5, 5.41) is 0. The summed E-state index contributed by atoms with van der Waals surface area (Å²) in [7, 11) is 3.27. The van der Waals surface area contributed by atoms with Crippen molar-refractivity contribution in [3.8, 4) is 0 Å². The quantitative estimate of drug-likeness (QED) is 0.679. The molecule has 0 aromatic carbocycles. The van der Waals surface area contributed by atoms with Crippen molar-refractivity contribution >= 4 is 5.91 Å². The first-order valence-electron chi connectivity index (χ1n) is 6.90. The summed E-state index contributed by atoms with van der Waals surface area (Å²) in [6.07, 6.45) is 1.02. The lowest BCUT2D eigenvalue weighted by Crippen LogP contribution is -2.58. The zero-order chi connectivity index (χ0) is 14.3. The van der Waals surface area contributed by atoms with Crippen molar-refractivity contribution in [3.63, 3.8) is 0 Å². The van der Waals surface area contributed by atoms with E-state index in [1.165, 1.54) is 0 Å². The van der Waals surface area contributed by atoms with Crippen molar-refractivity contribution in [2.75, 3.05) is 53.6 Å². The summed E-state index contributed by atoms with van der Waals surface area (Å²) in [5.41, 5.74) is 5.81. The molecule has 2 unspecified atom stereocenters. The second-order valence-corrected chi connectivity index (χ2v) is 4.94. The third-order valence-electron chi connectivity index (χ3n) is 3.63. The van der Waals surface area contributed by atoms with E-state index >= 15 is 0 Å². The molecular weight excluding hydrogens is 246 g/mol. The molecule has 112 valence electrons. The highest BCUT2D eigenvalue weighted by Crippen LogP contribution is 2.13. The summed E-state index contributed by atoms with van der Waals surface area (Å²) in [4.78, 5) is 16.4. The predicted molar refractivity (Wildman–Crippen MR) is 74.0 cm³/mol. The molecule has 1 heterocycles. The number of rotatable bonds is 7. The molecule has 0 aliphatic carbocycles. The predicted octanol–water partition coefficient (Wildman–Crippen LogP) is -0.471. The summed E-state index contributed by atoms with van der Waals surface area (Å²) in [6.45, 7) is 6.43. The molecule has 0 saturated carbocycles. The molecular formula is C13H27N3O3. The molecule has 1 saturated heterocycles. The van der Waals surface area contributed by atoms with E-state index in [0.717, 1.165) is 39.2 Å². The topological polar surface area (TPSA) is 68.0 Å². The summed E-state index contributed by atoms with van der Waals surface area (Å²) in [6, 6.07) is -0.157. The van der Waals surface area contributed by atoms with Gasteiger partial charge in [0.05, 0.1) is 13.2 Å². The van der Waals surface area contributed by atoms with E-state index < -0.39 is 6.04 Å². The Morgan fingerprint density at radius 1 is 1.37 bits per heavy atom. The molecule has 0 aromatic rings. The number of nitrogens with zero attached hydrogens (tertiary/aromatic N) is 2. The molecule has 0 radical (unpaired) electrons.